The zero-order valence-corrected chi connectivity index (χ0v) is 8.71. The van der Waals surface area contributed by atoms with E-state index in [1.807, 2.05) is 25.2 Å². The van der Waals surface area contributed by atoms with Crippen LogP contribution < -0.4 is 5.73 Å². The number of nitrogens with two attached hydrogens (primary N) is 1. The smallest absolute Gasteiger partial charge is 0.181 e. The predicted molar refractivity (Wildman–Crippen MR) is 60.6 cm³/mol. The Hall–Kier alpha value is -2.30. The third kappa shape index (κ3) is 1.18. The lowest BCUT2D eigenvalue weighted by Crippen LogP contribution is -1.97. The first kappa shape index (κ1) is 8.96. The highest BCUT2D eigenvalue weighted by Crippen LogP contribution is 2.27. The van der Waals surface area contributed by atoms with Gasteiger partial charge in [0, 0.05) is 12.6 Å². The van der Waals surface area contributed by atoms with Gasteiger partial charge in [0.1, 0.15) is 11.3 Å². The maximum absolute atomic E-state index is 5.91. The average molecular weight is 214 g/mol. The molecule has 0 amide bonds. The number of benzene rings is 1. The van der Waals surface area contributed by atoms with E-state index in [1.54, 1.807) is 10.9 Å². The molecule has 0 saturated carbocycles. The van der Waals surface area contributed by atoms with Gasteiger partial charge in [-0.2, -0.15) is 5.10 Å². The molecule has 3 rings (SSSR count). The van der Waals surface area contributed by atoms with Crippen molar-refractivity contribution in [1.82, 2.24) is 14.8 Å². The first-order valence-electron chi connectivity index (χ1n) is 4.87. The Morgan fingerprint density at radius 3 is 3.00 bits per heavy atom. The summed E-state index contributed by atoms with van der Waals surface area (Å²) in [5.74, 6) is 0.638. The summed E-state index contributed by atoms with van der Waals surface area (Å²) in [6, 6.07) is 5.77. The molecule has 2 heterocycles. The number of aromatic nitrogens is 3. The van der Waals surface area contributed by atoms with E-state index >= 15 is 0 Å². The Morgan fingerprint density at radius 1 is 1.38 bits per heavy atom. The van der Waals surface area contributed by atoms with Crippen LogP contribution in [0.4, 0.5) is 5.82 Å². The molecular weight excluding hydrogens is 204 g/mol. The van der Waals surface area contributed by atoms with Gasteiger partial charge < -0.3 is 10.2 Å². The molecule has 0 aliphatic heterocycles. The molecule has 0 saturated heterocycles. The summed E-state index contributed by atoms with van der Waals surface area (Å²) < 4.78 is 6.89. The van der Waals surface area contributed by atoms with Crippen molar-refractivity contribution in [2.24, 2.45) is 7.05 Å². The van der Waals surface area contributed by atoms with Crippen LogP contribution >= 0.6 is 0 Å². The van der Waals surface area contributed by atoms with Crippen LogP contribution in [0.2, 0.25) is 0 Å². The Bertz CT molecular complexity index is 653. The van der Waals surface area contributed by atoms with Gasteiger partial charge in [-0.3, -0.25) is 4.68 Å². The van der Waals surface area contributed by atoms with E-state index in [2.05, 4.69) is 10.1 Å². The molecule has 2 aromatic heterocycles. The Balaban J connectivity index is 2.21. The molecule has 0 spiro atoms. The lowest BCUT2D eigenvalue weighted by atomic mass is 10.1. The first-order valence-corrected chi connectivity index (χ1v) is 4.87. The summed E-state index contributed by atoms with van der Waals surface area (Å²) in [6.45, 7) is 0. The summed E-state index contributed by atoms with van der Waals surface area (Å²) in [5, 5.41) is 4.11. The molecule has 2 N–H and O–H groups in total. The second-order valence-corrected chi connectivity index (χ2v) is 3.60. The Morgan fingerprint density at radius 2 is 2.25 bits per heavy atom. The highest BCUT2D eigenvalue weighted by Gasteiger charge is 2.08. The lowest BCUT2D eigenvalue weighted by Gasteiger charge is -2.00. The summed E-state index contributed by atoms with van der Waals surface area (Å²) in [6.07, 6.45) is 3.17. The third-order valence-electron chi connectivity index (χ3n) is 2.63. The zero-order valence-electron chi connectivity index (χ0n) is 8.71. The molecule has 0 aliphatic rings. The Kier molecular flexibility index (Phi) is 1.73. The number of aryl methyl sites for hydroxylation is 1. The van der Waals surface area contributed by atoms with Gasteiger partial charge in [-0.05, 0) is 17.7 Å². The first-order chi connectivity index (χ1) is 7.75. The monoisotopic (exact) mass is 214 g/mol. The molecule has 0 bridgehead atoms. The van der Waals surface area contributed by atoms with Crippen LogP contribution in [0, 0.1) is 0 Å². The maximum Gasteiger partial charge on any atom is 0.181 e. The van der Waals surface area contributed by atoms with Gasteiger partial charge in [-0.25, -0.2) is 4.98 Å². The van der Waals surface area contributed by atoms with Crippen molar-refractivity contribution in [1.29, 1.82) is 0 Å². The van der Waals surface area contributed by atoms with E-state index in [1.165, 1.54) is 6.39 Å². The van der Waals surface area contributed by atoms with Crippen molar-refractivity contribution in [2.75, 3.05) is 5.73 Å². The molecule has 80 valence electrons. The minimum Gasteiger partial charge on any atom is -0.443 e. The molecule has 0 atom stereocenters. The number of nitrogen functional groups attached to an aromatic ring is 1. The van der Waals surface area contributed by atoms with Crippen molar-refractivity contribution in [3.05, 3.63) is 30.8 Å². The van der Waals surface area contributed by atoms with E-state index in [9.17, 15) is 0 Å². The van der Waals surface area contributed by atoms with Crippen molar-refractivity contribution < 1.29 is 4.42 Å². The maximum atomic E-state index is 5.91. The SMILES string of the molecule is Cn1ncc(-c2ccc3ncoc3c2)c1N. The van der Waals surface area contributed by atoms with Crippen molar-refractivity contribution in [3.63, 3.8) is 0 Å². The van der Waals surface area contributed by atoms with Crippen LogP contribution in [0.15, 0.2) is 35.2 Å². The number of rotatable bonds is 1. The van der Waals surface area contributed by atoms with Gasteiger partial charge in [-0.1, -0.05) is 6.07 Å². The molecule has 5 nitrogen and oxygen atoms in total. The van der Waals surface area contributed by atoms with E-state index in [0.29, 0.717) is 5.82 Å². The van der Waals surface area contributed by atoms with Crippen LogP contribution in [0.1, 0.15) is 0 Å². The minimum absolute atomic E-state index is 0.638. The van der Waals surface area contributed by atoms with Crippen LogP contribution in [0.3, 0.4) is 0 Å². The van der Waals surface area contributed by atoms with Gasteiger partial charge in [-0.15, -0.1) is 0 Å². The van der Waals surface area contributed by atoms with Crippen molar-refractivity contribution >= 4 is 16.9 Å². The molecule has 0 fully saturated rings. The second kappa shape index (κ2) is 3.10. The van der Waals surface area contributed by atoms with Gasteiger partial charge in [0.25, 0.3) is 0 Å². The van der Waals surface area contributed by atoms with Gasteiger partial charge in [0.05, 0.1) is 6.20 Å². The quantitative estimate of drug-likeness (QED) is 0.670. The van der Waals surface area contributed by atoms with Crippen molar-refractivity contribution in [3.8, 4) is 11.1 Å². The zero-order chi connectivity index (χ0) is 11.1. The molecule has 0 radical (unpaired) electrons. The van der Waals surface area contributed by atoms with Gasteiger partial charge >= 0.3 is 0 Å². The van der Waals surface area contributed by atoms with Crippen LogP contribution in [-0.4, -0.2) is 14.8 Å². The summed E-state index contributed by atoms with van der Waals surface area (Å²) in [7, 11) is 1.81. The minimum atomic E-state index is 0.638. The third-order valence-corrected chi connectivity index (χ3v) is 2.63. The van der Waals surface area contributed by atoms with Crippen LogP contribution in [0.5, 0.6) is 0 Å². The predicted octanol–water partition coefficient (Wildman–Crippen LogP) is 1.81. The number of oxazole rings is 1. The van der Waals surface area contributed by atoms with Crippen LogP contribution in [0.25, 0.3) is 22.2 Å². The second-order valence-electron chi connectivity index (χ2n) is 3.60. The number of hydrogen-bond donors (Lipinski definition) is 1. The summed E-state index contributed by atoms with van der Waals surface area (Å²) in [4.78, 5) is 4.06. The number of fused-ring (bicyclic) bond motifs is 1. The molecule has 16 heavy (non-hydrogen) atoms. The topological polar surface area (TPSA) is 69.9 Å². The number of nitrogens with zero attached hydrogens (tertiary/aromatic N) is 3. The normalized spacial score (nSPS) is 11.1. The molecule has 3 aromatic rings. The molecule has 1 aromatic carbocycles. The molecule has 0 unspecified atom stereocenters. The molecular formula is C11H10N4O. The highest BCUT2D eigenvalue weighted by molar-refractivity contribution is 5.83. The van der Waals surface area contributed by atoms with E-state index in [0.717, 1.165) is 22.2 Å². The number of hydrogen-bond acceptors (Lipinski definition) is 4. The fraction of sp³-hybridized carbons (Fsp3) is 0.0909. The van der Waals surface area contributed by atoms with E-state index in [-0.39, 0.29) is 0 Å². The largest absolute Gasteiger partial charge is 0.443 e. The van der Waals surface area contributed by atoms with E-state index in [4.69, 9.17) is 10.2 Å². The lowest BCUT2D eigenvalue weighted by molar-refractivity contribution is 0.602. The number of anilines is 1. The molecule has 0 aliphatic carbocycles. The summed E-state index contributed by atoms with van der Waals surface area (Å²) >= 11 is 0. The summed E-state index contributed by atoms with van der Waals surface area (Å²) in [5.41, 5.74) is 9.38. The fourth-order valence-electron chi connectivity index (χ4n) is 1.69. The molecule has 5 heteroatoms. The van der Waals surface area contributed by atoms with Gasteiger partial charge in [0.2, 0.25) is 0 Å². The Labute approximate surface area is 91.5 Å². The fourth-order valence-corrected chi connectivity index (χ4v) is 1.69. The highest BCUT2D eigenvalue weighted by atomic mass is 16.3. The van der Waals surface area contributed by atoms with Gasteiger partial charge in [0.15, 0.2) is 12.0 Å². The average Bonchev–Trinajstić information content (AvgIpc) is 2.86. The van der Waals surface area contributed by atoms with Crippen LogP contribution in [-0.2, 0) is 7.05 Å². The van der Waals surface area contributed by atoms with Crippen molar-refractivity contribution in [2.45, 2.75) is 0 Å². The standard InChI is InChI=1S/C11H10N4O/c1-15-11(12)8(5-14-15)7-2-3-9-10(4-7)16-6-13-9/h2-6H,12H2,1H3. The van der Waals surface area contributed by atoms with E-state index < -0.39 is 0 Å².